The van der Waals surface area contributed by atoms with Crippen LogP contribution in [0.1, 0.15) is 33.1 Å². The normalized spacial score (nSPS) is 24.4. The minimum absolute atomic E-state index is 0.0253. The monoisotopic (exact) mass is 223 g/mol. The first-order valence-corrected chi connectivity index (χ1v) is 6.03. The highest BCUT2D eigenvalue weighted by atomic mass is 16.1. The molecular weight excluding hydrogens is 202 g/mol. The molecule has 90 valence electrons. The minimum Gasteiger partial charge on any atom is -0.355 e. The van der Waals surface area contributed by atoms with E-state index in [9.17, 15) is 4.79 Å². The zero-order valence-electron chi connectivity index (χ0n) is 10.1. The number of nitrogens with zero attached hydrogens (tertiary/aromatic N) is 1. The van der Waals surface area contributed by atoms with Crippen molar-refractivity contribution in [2.45, 2.75) is 39.2 Å². The third kappa shape index (κ3) is 4.19. The Morgan fingerprint density at radius 3 is 2.88 bits per heavy atom. The number of hydrogen-bond acceptors (Lipinski definition) is 3. The summed E-state index contributed by atoms with van der Waals surface area (Å²) in [6.45, 7) is 5.18. The highest BCUT2D eigenvalue weighted by Gasteiger charge is 2.26. The number of rotatable bonds is 5. The van der Waals surface area contributed by atoms with Crippen LogP contribution in [-0.2, 0) is 4.79 Å². The molecular formula is C12H21N3O. The summed E-state index contributed by atoms with van der Waals surface area (Å²) in [4.78, 5) is 11.4. The van der Waals surface area contributed by atoms with Crippen molar-refractivity contribution in [3.8, 4) is 6.07 Å². The summed E-state index contributed by atoms with van der Waals surface area (Å²) in [7, 11) is 0. The minimum atomic E-state index is 0.0253. The van der Waals surface area contributed by atoms with Crippen molar-refractivity contribution in [2.24, 2.45) is 11.8 Å². The molecule has 2 N–H and O–H groups in total. The SMILES string of the molecule is CC(C)CNC(=O)CNC1CCCC1C#N. The number of carbonyl (C=O) groups is 1. The Bertz CT molecular complexity index is 270. The molecule has 1 fully saturated rings. The summed E-state index contributed by atoms with van der Waals surface area (Å²) in [6, 6.07) is 2.50. The smallest absolute Gasteiger partial charge is 0.233 e. The second kappa shape index (κ2) is 6.49. The summed E-state index contributed by atoms with van der Waals surface area (Å²) in [5.41, 5.74) is 0. The fourth-order valence-electron chi connectivity index (χ4n) is 1.96. The molecule has 1 aliphatic rings. The second-order valence-electron chi connectivity index (χ2n) is 4.85. The van der Waals surface area contributed by atoms with Crippen LogP contribution >= 0.6 is 0 Å². The van der Waals surface area contributed by atoms with Crippen LogP contribution in [-0.4, -0.2) is 25.0 Å². The lowest BCUT2D eigenvalue weighted by Gasteiger charge is -2.15. The fraction of sp³-hybridized carbons (Fsp3) is 0.833. The molecule has 0 aromatic heterocycles. The number of amides is 1. The van der Waals surface area contributed by atoms with Crippen molar-refractivity contribution in [2.75, 3.05) is 13.1 Å². The second-order valence-corrected chi connectivity index (χ2v) is 4.85. The summed E-state index contributed by atoms with van der Waals surface area (Å²) in [5, 5.41) is 14.9. The molecule has 1 aliphatic carbocycles. The third-order valence-corrected chi connectivity index (χ3v) is 2.91. The van der Waals surface area contributed by atoms with Crippen LogP contribution in [0.5, 0.6) is 0 Å². The van der Waals surface area contributed by atoms with E-state index in [1.165, 1.54) is 0 Å². The van der Waals surface area contributed by atoms with Gasteiger partial charge in [-0.25, -0.2) is 0 Å². The Morgan fingerprint density at radius 1 is 1.50 bits per heavy atom. The summed E-state index contributed by atoms with van der Waals surface area (Å²) in [5.74, 6) is 0.581. The summed E-state index contributed by atoms with van der Waals surface area (Å²) in [6.07, 6.45) is 3.06. The van der Waals surface area contributed by atoms with Gasteiger partial charge in [0.15, 0.2) is 0 Å². The van der Waals surface area contributed by atoms with Crippen molar-refractivity contribution in [3.05, 3.63) is 0 Å². The Hall–Kier alpha value is -1.08. The summed E-state index contributed by atoms with van der Waals surface area (Å²) >= 11 is 0. The lowest BCUT2D eigenvalue weighted by atomic mass is 10.1. The average Bonchev–Trinajstić information content (AvgIpc) is 2.70. The highest BCUT2D eigenvalue weighted by molar-refractivity contribution is 5.78. The van der Waals surface area contributed by atoms with E-state index in [4.69, 9.17) is 5.26 Å². The summed E-state index contributed by atoms with van der Waals surface area (Å²) < 4.78 is 0. The first-order valence-electron chi connectivity index (χ1n) is 6.03. The molecule has 16 heavy (non-hydrogen) atoms. The molecule has 0 aromatic carbocycles. The molecule has 0 saturated heterocycles. The average molecular weight is 223 g/mol. The van der Waals surface area contributed by atoms with Crippen LogP contribution in [0.25, 0.3) is 0 Å². The molecule has 2 atom stereocenters. The van der Waals surface area contributed by atoms with Gasteiger partial charge in [-0.1, -0.05) is 20.3 Å². The van der Waals surface area contributed by atoms with Gasteiger partial charge in [0.05, 0.1) is 18.5 Å². The molecule has 4 nitrogen and oxygen atoms in total. The van der Waals surface area contributed by atoms with E-state index in [1.807, 2.05) is 0 Å². The molecule has 4 heteroatoms. The van der Waals surface area contributed by atoms with Crippen LogP contribution in [0.15, 0.2) is 0 Å². The van der Waals surface area contributed by atoms with E-state index in [-0.39, 0.29) is 17.9 Å². The number of hydrogen-bond donors (Lipinski definition) is 2. The van der Waals surface area contributed by atoms with Gasteiger partial charge in [0.2, 0.25) is 5.91 Å². The van der Waals surface area contributed by atoms with Crippen molar-refractivity contribution >= 4 is 5.91 Å². The van der Waals surface area contributed by atoms with Crippen molar-refractivity contribution in [1.82, 2.24) is 10.6 Å². The quantitative estimate of drug-likeness (QED) is 0.732. The molecule has 0 aromatic rings. The van der Waals surface area contributed by atoms with E-state index >= 15 is 0 Å². The standard InChI is InChI=1S/C12H21N3O/c1-9(2)7-15-12(16)8-14-11-5-3-4-10(11)6-13/h9-11,14H,3-5,7-8H2,1-2H3,(H,15,16). The molecule has 1 saturated carbocycles. The zero-order chi connectivity index (χ0) is 12.0. The molecule has 0 spiro atoms. The van der Waals surface area contributed by atoms with E-state index in [1.54, 1.807) is 0 Å². The molecule has 0 bridgehead atoms. The van der Waals surface area contributed by atoms with Crippen LogP contribution in [0, 0.1) is 23.2 Å². The van der Waals surface area contributed by atoms with Gasteiger partial charge in [0.1, 0.15) is 0 Å². The first-order chi connectivity index (χ1) is 7.63. The Labute approximate surface area is 97.4 Å². The molecule has 0 heterocycles. The van der Waals surface area contributed by atoms with Crippen molar-refractivity contribution in [1.29, 1.82) is 5.26 Å². The first kappa shape index (κ1) is 13.0. The molecule has 1 rings (SSSR count). The predicted octanol–water partition coefficient (Wildman–Crippen LogP) is 1.04. The maximum absolute atomic E-state index is 11.4. The third-order valence-electron chi connectivity index (χ3n) is 2.91. The predicted molar refractivity (Wildman–Crippen MR) is 62.6 cm³/mol. The fourth-order valence-corrected chi connectivity index (χ4v) is 1.96. The Kier molecular flexibility index (Phi) is 5.27. The molecule has 1 amide bonds. The van der Waals surface area contributed by atoms with Crippen molar-refractivity contribution < 1.29 is 4.79 Å². The van der Waals surface area contributed by atoms with Crippen molar-refractivity contribution in [3.63, 3.8) is 0 Å². The maximum Gasteiger partial charge on any atom is 0.233 e. The lowest BCUT2D eigenvalue weighted by Crippen LogP contribution is -2.41. The van der Waals surface area contributed by atoms with E-state index < -0.39 is 0 Å². The Balaban J connectivity index is 2.19. The number of nitriles is 1. The van der Waals surface area contributed by atoms with Crippen LogP contribution < -0.4 is 10.6 Å². The van der Waals surface area contributed by atoms with E-state index in [0.29, 0.717) is 19.0 Å². The van der Waals surface area contributed by atoms with E-state index in [0.717, 1.165) is 19.3 Å². The van der Waals surface area contributed by atoms with Gasteiger partial charge in [-0.15, -0.1) is 0 Å². The van der Waals surface area contributed by atoms with Gasteiger partial charge >= 0.3 is 0 Å². The highest BCUT2D eigenvalue weighted by Crippen LogP contribution is 2.24. The van der Waals surface area contributed by atoms with Gasteiger partial charge < -0.3 is 10.6 Å². The molecule has 2 unspecified atom stereocenters. The number of nitrogens with one attached hydrogen (secondary N) is 2. The Morgan fingerprint density at radius 2 is 2.25 bits per heavy atom. The zero-order valence-corrected chi connectivity index (χ0v) is 10.1. The van der Waals surface area contributed by atoms with Crippen LogP contribution in [0.2, 0.25) is 0 Å². The van der Waals surface area contributed by atoms with Gasteiger partial charge in [-0.2, -0.15) is 5.26 Å². The topological polar surface area (TPSA) is 64.9 Å². The maximum atomic E-state index is 11.4. The van der Waals surface area contributed by atoms with Gasteiger partial charge in [-0.05, 0) is 18.8 Å². The van der Waals surface area contributed by atoms with Gasteiger partial charge in [-0.3, -0.25) is 4.79 Å². The van der Waals surface area contributed by atoms with Gasteiger partial charge in [0, 0.05) is 12.6 Å². The largest absolute Gasteiger partial charge is 0.355 e. The number of carbonyl (C=O) groups excluding carboxylic acids is 1. The van der Waals surface area contributed by atoms with Gasteiger partial charge in [0.25, 0.3) is 0 Å². The van der Waals surface area contributed by atoms with E-state index in [2.05, 4.69) is 30.6 Å². The van der Waals surface area contributed by atoms with Crippen LogP contribution in [0.3, 0.4) is 0 Å². The van der Waals surface area contributed by atoms with Crippen LogP contribution in [0.4, 0.5) is 0 Å². The molecule has 0 aliphatic heterocycles. The molecule has 0 radical (unpaired) electrons. The lowest BCUT2D eigenvalue weighted by molar-refractivity contribution is -0.120.